The fourth-order valence-corrected chi connectivity index (χ4v) is 1.95. The first-order chi connectivity index (χ1) is 10.1. The summed E-state index contributed by atoms with van der Waals surface area (Å²) in [6.07, 6.45) is 1.38. The molecular weight excluding hydrogens is 276 g/mol. The van der Waals surface area contributed by atoms with Crippen LogP contribution in [-0.4, -0.2) is 17.6 Å². The van der Waals surface area contributed by atoms with Crippen molar-refractivity contribution in [3.8, 4) is 5.75 Å². The maximum atomic E-state index is 13.0. The molecule has 3 nitrogen and oxygen atoms in total. The van der Waals surface area contributed by atoms with Gasteiger partial charge in [0, 0.05) is 12.1 Å². The van der Waals surface area contributed by atoms with Gasteiger partial charge in [-0.3, -0.25) is 4.79 Å². The Bertz CT molecular complexity index is 644. The number of phenolic OH excluding ortho intramolecular Hbond substituents is 1. The van der Waals surface area contributed by atoms with E-state index in [-0.39, 0.29) is 11.3 Å². The van der Waals surface area contributed by atoms with Crippen LogP contribution in [0.25, 0.3) is 0 Å². The van der Waals surface area contributed by atoms with Crippen molar-refractivity contribution < 1.29 is 18.7 Å². The maximum absolute atomic E-state index is 13.0. The predicted molar refractivity (Wildman–Crippen MR) is 75.1 cm³/mol. The molecule has 110 valence electrons. The van der Waals surface area contributed by atoms with Gasteiger partial charge in [-0.15, -0.1) is 0 Å². The molecule has 2 aromatic carbocycles. The first-order valence-corrected chi connectivity index (χ1v) is 6.57. The van der Waals surface area contributed by atoms with E-state index in [1.54, 1.807) is 18.2 Å². The zero-order valence-corrected chi connectivity index (χ0v) is 11.3. The van der Waals surface area contributed by atoms with E-state index in [1.165, 1.54) is 6.07 Å². The SMILES string of the molecule is O=C(NCCCc1cccc(O)c1)c1ccc(F)c(F)c1. The molecule has 2 N–H and O–H groups in total. The van der Waals surface area contributed by atoms with E-state index in [2.05, 4.69) is 5.32 Å². The second kappa shape index (κ2) is 6.83. The molecule has 0 spiro atoms. The van der Waals surface area contributed by atoms with Crippen molar-refractivity contribution in [2.45, 2.75) is 12.8 Å². The number of hydrogen-bond donors (Lipinski definition) is 2. The lowest BCUT2D eigenvalue weighted by Gasteiger charge is -2.06. The molecule has 2 rings (SSSR count). The minimum absolute atomic E-state index is 0.0891. The molecule has 0 radical (unpaired) electrons. The number of aromatic hydroxyl groups is 1. The van der Waals surface area contributed by atoms with E-state index in [0.29, 0.717) is 19.4 Å². The zero-order chi connectivity index (χ0) is 15.2. The Balaban J connectivity index is 1.80. The van der Waals surface area contributed by atoms with Crippen molar-refractivity contribution in [2.75, 3.05) is 6.54 Å². The molecule has 0 saturated carbocycles. The van der Waals surface area contributed by atoms with Gasteiger partial charge in [-0.05, 0) is 48.7 Å². The number of carbonyl (C=O) groups is 1. The van der Waals surface area contributed by atoms with Crippen LogP contribution in [0.15, 0.2) is 42.5 Å². The van der Waals surface area contributed by atoms with Gasteiger partial charge in [0.25, 0.3) is 5.91 Å². The Kier molecular flexibility index (Phi) is 4.87. The minimum Gasteiger partial charge on any atom is -0.508 e. The second-order valence-corrected chi connectivity index (χ2v) is 4.66. The summed E-state index contributed by atoms with van der Waals surface area (Å²) < 4.78 is 25.8. The van der Waals surface area contributed by atoms with Crippen LogP contribution in [-0.2, 0) is 6.42 Å². The Morgan fingerprint density at radius 2 is 1.90 bits per heavy atom. The largest absolute Gasteiger partial charge is 0.508 e. The van der Waals surface area contributed by atoms with Gasteiger partial charge >= 0.3 is 0 Å². The van der Waals surface area contributed by atoms with Gasteiger partial charge in [0.1, 0.15) is 5.75 Å². The average Bonchev–Trinajstić information content (AvgIpc) is 2.46. The molecule has 0 saturated heterocycles. The van der Waals surface area contributed by atoms with Crippen molar-refractivity contribution in [1.29, 1.82) is 0 Å². The highest BCUT2D eigenvalue weighted by Crippen LogP contribution is 2.12. The normalized spacial score (nSPS) is 10.4. The van der Waals surface area contributed by atoms with Crippen molar-refractivity contribution in [2.24, 2.45) is 0 Å². The van der Waals surface area contributed by atoms with Crippen molar-refractivity contribution >= 4 is 5.91 Å². The Hall–Kier alpha value is -2.43. The summed E-state index contributed by atoms with van der Waals surface area (Å²) in [6.45, 7) is 0.410. The summed E-state index contributed by atoms with van der Waals surface area (Å²) >= 11 is 0. The predicted octanol–water partition coefficient (Wildman–Crippen LogP) is 3.03. The van der Waals surface area contributed by atoms with Gasteiger partial charge in [-0.1, -0.05) is 12.1 Å². The van der Waals surface area contributed by atoms with Crippen molar-refractivity contribution in [1.82, 2.24) is 5.32 Å². The molecule has 0 bridgehead atoms. The topological polar surface area (TPSA) is 49.3 Å². The highest BCUT2D eigenvalue weighted by atomic mass is 19.2. The molecule has 0 atom stereocenters. The summed E-state index contributed by atoms with van der Waals surface area (Å²) in [5.41, 5.74) is 1.06. The van der Waals surface area contributed by atoms with Crippen LogP contribution >= 0.6 is 0 Å². The lowest BCUT2D eigenvalue weighted by Crippen LogP contribution is -2.24. The van der Waals surface area contributed by atoms with Crippen LogP contribution in [0.1, 0.15) is 22.3 Å². The van der Waals surface area contributed by atoms with Crippen LogP contribution < -0.4 is 5.32 Å². The number of hydrogen-bond acceptors (Lipinski definition) is 2. The number of rotatable bonds is 5. The third-order valence-corrected chi connectivity index (χ3v) is 3.02. The van der Waals surface area contributed by atoms with Gasteiger partial charge in [0.15, 0.2) is 11.6 Å². The third kappa shape index (κ3) is 4.27. The summed E-state index contributed by atoms with van der Waals surface area (Å²) in [5.74, 6) is -2.25. The van der Waals surface area contributed by atoms with Crippen molar-refractivity contribution in [3.05, 3.63) is 65.2 Å². The number of amides is 1. The maximum Gasteiger partial charge on any atom is 0.251 e. The Morgan fingerprint density at radius 1 is 1.10 bits per heavy atom. The summed E-state index contributed by atoms with van der Waals surface area (Å²) in [4.78, 5) is 11.7. The van der Waals surface area contributed by atoms with E-state index >= 15 is 0 Å². The third-order valence-electron chi connectivity index (χ3n) is 3.02. The Morgan fingerprint density at radius 3 is 2.62 bits per heavy atom. The molecule has 1 amide bonds. The average molecular weight is 291 g/mol. The monoisotopic (exact) mass is 291 g/mol. The van der Waals surface area contributed by atoms with Gasteiger partial charge in [-0.2, -0.15) is 0 Å². The fraction of sp³-hybridized carbons (Fsp3) is 0.188. The number of nitrogens with one attached hydrogen (secondary N) is 1. The van der Waals surface area contributed by atoms with E-state index in [4.69, 9.17) is 0 Å². The molecule has 0 aliphatic rings. The Labute approximate surface area is 121 Å². The van der Waals surface area contributed by atoms with Crippen LogP contribution in [0.3, 0.4) is 0 Å². The molecule has 0 heterocycles. The first-order valence-electron chi connectivity index (χ1n) is 6.57. The lowest BCUT2D eigenvalue weighted by atomic mass is 10.1. The zero-order valence-electron chi connectivity index (χ0n) is 11.3. The standard InChI is InChI=1S/C16H15F2NO2/c17-14-7-6-12(10-15(14)18)16(21)19-8-2-4-11-3-1-5-13(20)9-11/h1,3,5-7,9-10,20H,2,4,8H2,(H,19,21). The smallest absolute Gasteiger partial charge is 0.251 e. The van der Waals surface area contributed by atoms with Crippen LogP contribution in [0.2, 0.25) is 0 Å². The number of phenols is 1. The van der Waals surface area contributed by atoms with E-state index in [9.17, 15) is 18.7 Å². The van der Waals surface area contributed by atoms with Gasteiger partial charge in [0.2, 0.25) is 0 Å². The fourth-order valence-electron chi connectivity index (χ4n) is 1.95. The van der Waals surface area contributed by atoms with Gasteiger partial charge in [-0.25, -0.2) is 8.78 Å². The molecule has 2 aromatic rings. The van der Waals surface area contributed by atoms with Gasteiger partial charge < -0.3 is 10.4 Å². The number of benzene rings is 2. The molecule has 0 fully saturated rings. The molecule has 0 aliphatic carbocycles. The lowest BCUT2D eigenvalue weighted by molar-refractivity contribution is 0.0952. The molecular formula is C16H15F2NO2. The van der Waals surface area contributed by atoms with Gasteiger partial charge in [0.05, 0.1) is 0 Å². The minimum atomic E-state index is -1.04. The number of aryl methyl sites for hydroxylation is 1. The molecule has 0 aliphatic heterocycles. The van der Waals surface area contributed by atoms with Crippen LogP contribution in [0.5, 0.6) is 5.75 Å². The summed E-state index contributed by atoms with van der Waals surface area (Å²) in [7, 11) is 0. The number of halogens is 2. The van der Waals surface area contributed by atoms with Crippen molar-refractivity contribution in [3.63, 3.8) is 0 Å². The molecule has 0 aromatic heterocycles. The summed E-state index contributed by atoms with van der Waals surface area (Å²) in [5, 5.41) is 12.0. The molecule has 0 unspecified atom stereocenters. The number of carbonyl (C=O) groups excluding carboxylic acids is 1. The quantitative estimate of drug-likeness (QED) is 0.832. The van der Waals surface area contributed by atoms with Crippen LogP contribution in [0.4, 0.5) is 8.78 Å². The molecule has 5 heteroatoms. The van der Waals surface area contributed by atoms with Crippen LogP contribution in [0, 0.1) is 11.6 Å². The van der Waals surface area contributed by atoms with E-state index in [1.807, 2.05) is 6.07 Å². The molecule has 21 heavy (non-hydrogen) atoms. The highest BCUT2D eigenvalue weighted by molar-refractivity contribution is 5.94. The first kappa shape index (κ1) is 15.0. The van der Waals surface area contributed by atoms with E-state index < -0.39 is 17.5 Å². The summed E-state index contributed by atoms with van der Waals surface area (Å²) in [6, 6.07) is 9.94. The van der Waals surface area contributed by atoms with E-state index in [0.717, 1.165) is 17.7 Å². The highest BCUT2D eigenvalue weighted by Gasteiger charge is 2.08. The second-order valence-electron chi connectivity index (χ2n) is 4.66.